The van der Waals surface area contributed by atoms with Gasteiger partial charge in [0.2, 0.25) is 0 Å². The zero-order valence-electron chi connectivity index (χ0n) is 11.7. The fraction of sp³-hybridized carbons (Fsp3) is 0.133. The van der Waals surface area contributed by atoms with E-state index in [-0.39, 0.29) is 5.69 Å². The summed E-state index contributed by atoms with van der Waals surface area (Å²) in [6.45, 7) is 0. The van der Waals surface area contributed by atoms with Gasteiger partial charge < -0.3 is 9.80 Å². The van der Waals surface area contributed by atoms with Crippen LogP contribution in [0, 0.1) is 10.1 Å². The molecule has 0 spiro atoms. The predicted octanol–water partition coefficient (Wildman–Crippen LogP) is 2.87. The standard InChI is InChI=1S/C15H14N4O2/c1-17-13-6-3-4-7-14(13)18(2)15(17)10-11-12(19(20)21)8-5-9-16-11/h3-10H,1-2H3. The zero-order valence-corrected chi connectivity index (χ0v) is 11.7. The number of aromatic nitrogens is 1. The van der Waals surface area contributed by atoms with E-state index in [1.807, 2.05) is 48.2 Å². The molecular weight excluding hydrogens is 268 g/mol. The van der Waals surface area contributed by atoms with Gasteiger partial charge in [0.05, 0.1) is 16.3 Å². The molecule has 2 aromatic rings. The van der Waals surface area contributed by atoms with Crippen molar-refractivity contribution in [3.05, 3.63) is 64.2 Å². The highest BCUT2D eigenvalue weighted by atomic mass is 16.6. The van der Waals surface area contributed by atoms with E-state index in [4.69, 9.17) is 0 Å². The van der Waals surface area contributed by atoms with Crippen LogP contribution >= 0.6 is 0 Å². The van der Waals surface area contributed by atoms with E-state index in [0.29, 0.717) is 5.69 Å². The molecule has 0 bridgehead atoms. The molecule has 6 heteroatoms. The molecule has 0 amide bonds. The Morgan fingerprint density at radius 1 is 1.10 bits per heavy atom. The number of hydrogen-bond donors (Lipinski definition) is 0. The first-order valence-electron chi connectivity index (χ1n) is 6.47. The molecule has 1 aliphatic heterocycles. The van der Waals surface area contributed by atoms with Gasteiger partial charge in [0.15, 0.2) is 0 Å². The topological polar surface area (TPSA) is 62.5 Å². The molecule has 1 aromatic heterocycles. The van der Waals surface area contributed by atoms with E-state index >= 15 is 0 Å². The van der Waals surface area contributed by atoms with Gasteiger partial charge in [-0.25, -0.2) is 4.98 Å². The lowest BCUT2D eigenvalue weighted by atomic mass is 10.3. The van der Waals surface area contributed by atoms with Crippen molar-refractivity contribution in [1.82, 2.24) is 4.98 Å². The Hall–Kier alpha value is -2.89. The Kier molecular flexibility index (Phi) is 3.06. The number of nitro groups is 1. The third kappa shape index (κ3) is 2.10. The highest BCUT2D eigenvalue weighted by Crippen LogP contribution is 2.40. The van der Waals surface area contributed by atoms with Crippen molar-refractivity contribution in [2.45, 2.75) is 0 Å². The predicted molar refractivity (Wildman–Crippen MR) is 82.1 cm³/mol. The van der Waals surface area contributed by atoms with Crippen LogP contribution in [0.4, 0.5) is 17.1 Å². The van der Waals surface area contributed by atoms with Gasteiger partial charge in [0, 0.05) is 32.4 Å². The van der Waals surface area contributed by atoms with Crippen LogP contribution in [0.3, 0.4) is 0 Å². The largest absolute Gasteiger partial charge is 0.329 e. The van der Waals surface area contributed by atoms with E-state index in [1.165, 1.54) is 6.07 Å². The Morgan fingerprint density at radius 2 is 1.71 bits per heavy atom. The van der Waals surface area contributed by atoms with Crippen molar-refractivity contribution in [2.75, 3.05) is 23.9 Å². The maximum atomic E-state index is 11.1. The maximum absolute atomic E-state index is 11.1. The van der Waals surface area contributed by atoms with Crippen molar-refractivity contribution >= 4 is 23.1 Å². The first-order valence-corrected chi connectivity index (χ1v) is 6.47. The molecule has 0 atom stereocenters. The lowest BCUT2D eigenvalue weighted by Crippen LogP contribution is -2.21. The number of benzene rings is 1. The summed E-state index contributed by atoms with van der Waals surface area (Å²) in [4.78, 5) is 18.8. The van der Waals surface area contributed by atoms with Crippen LogP contribution in [0.5, 0.6) is 0 Å². The quantitative estimate of drug-likeness (QED) is 0.626. The average Bonchev–Trinajstić information content (AvgIpc) is 2.73. The number of pyridine rings is 1. The number of hydrogen-bond acceptors (Lipinski definition) is 5. The maximum Gasteiger partial charge on any atom is 0.294 e. The van der Waals surface area contributed by atoms with Crippen molar-refractivity contribution in [3.8, 4) is 0 Å². The Bertz CT molecular complexity index is 711. The summed E-state index contributed by atoms with van der Waals surface area (Å²) in [5, 5.41) is 11.1. The van der Waals surface area contributed by atoms with E-state index in [9.17, 15) is 10.1 Å². The SMILES string of the molecule is CN1C(=Cc2ncccc2[N+](=O)[O-])N(C)c2ccccc21. The Balaban J connectivity index is 2.09. The monoisotopic (exact) mass is 282 g/mol. The number of fused-ring (bicyclic) bond motifs is 1. The van der Waals surface area contributed by atoms with Gasteiger partial charge in [0.25, 0.3) is 5.69 Å². The third-order valence-corrected chi connectivity index (χ3v) is 3.57. The zero-order chi connectivity index (χ0) is 15.0. The molecule has 0 saturated heterocycles. The van der Waals surface area contributed by atoms with Crippen LogP contribution in [0.2, 0.25) is 0 Å². The molecule has 0 saturated carbocycles. The first-order chi connectivity index (χ1) is 10.1. The van der Waals surface area contributed by atoms with Crippen LogP contribution in [0.25, 0.3) is 6.08 Å². The van der Waals surface area contributed by atoms with Crippen molar-refractivity contribution in [3.63, 3.8) is 0 Å². The first kappa shape index (κ1) is 13.1. The summed E-state index contributed by atoms with van der Waals surface area (Å²) in [6.07, 6.45) is 3.29. The van der Waals surface area contributed by atoms with Crippen LogP contribution < -0.4 is 9.80 Å². The Morgan fingerprint density at radius 3 is 2.29 bits per heavy atom. The number of rotatable bonds is 2. The van der Waals surface area contributed by atoms with Gasteiger partial charge in [-0.1, -0.05) is 12.1 Å². The van der Waals surface area contributed by atoms with Gasteiger partial charge in [-0.3, -0.25) is 10.1 Å². The van der Waals surface area contributed by atoms with Crippen molar-refractivity contribution < 1.29 is 4.92 Å². The van der Waals surface area contributed by atoms with E-state index in [0.717, 1.165) is 17.2 Å². The van der Waals surface area contributed by atoms with Gasteiger partial charge >= 0.3 is 0 Å². The molecule has 106 valence electrons. The molecule has 1 aliphatic rings. The summed E-state index contributed by atoms with van der Waals surface area (Å²) in [6, 6.07) is 11.0. The Labute approximate surface area is 122 Å². The highest BCUT2D eigenvalue weighted by molar-refractivity contribution is 5.85. The van der Waals surface area contributed by atoms with Crippen LogP contribution in [0.15, 0.2) is 48.4 Å². The molecule has 0 radical (unpaired) electrons. The fourth-order valence-corrected chi connectivity index (χ4v) is 2.49. The summed E-state index contributed by atoms with van der Waals surface area (Å²) in [7, 11) is 3.87. The second-order valence-electron chi connectivity index (χ2n) is 4.77. The van der Waals surface area contributed by atoms with Crippen LogP contribution in [-0.2, 0) is 0 Å². The van der Waals surface area contributed by atoms with E-state index in [2.05, 4.69) is 4.98 Å². The van der Waals surface area contributed by atoms with Gasteiger partial charge in [-0.2, -0.15) is 0 Å². The lowest BCUT2D eigenvalue weighted by Gasteiger charge is -2.18. The number of anilines is 2. The van der Waals surface area contributed by atoms with Gasteiger partial charge in [-0.05, 0) is 18.2 Å². The normalized spacial score (nSPS) is 13.3. The third-order valence-electron chi connectivity index (χ3n) is 3.57. The number of para-hydroxylation sites is 2. The highest BCUT2D eigenvalue weighted by Gasteiger charge is 2.26. The second kappa shape index (κ2) is 4.90. The average molecular weight is 282 g/mol. The molecule has 0 N–H and O–H groups in total. The summed E-state index contributed by atoms with van der Waals surface area (Å²) in [5.74, 6) is 0.845. The summed E-state index contributed by atoms with van der Waals surface area (Å²) in [5.41, 5.74) is 2.47. The minimum absolute atomic E-state index is 0.00255. The van der Waals surface area contributed by atoms with E-state index in [1.54, 1.807) is 18.3 Å². The molecule has 3 rings (SSSR count). The summed E-state index contributed by atoms with van der Waals surface area (Å²) >= 11 is 0. The molecule has 2 heterocycles. The van der Waals surface area contributed by atoms with Gasteiger partial charge in [-0.15, -0.1) is 0 Å². The summed E-state index contributed by atoms with van der Waals surface area (Å²) < 4.78 is 0. The molecule has 6 nitrogen and oxygen atoms in total. The molecular formula is C15H14N4O2. The smallest absolute Gasteiger partial charge is 0.294 e. The van der Waals surface area contributed by atoms with Crippen LogP contribution in [0.1, 0.15) is 5.69 Å². The minimum atomic E-state index is -0.415. The van der Waals surface area contributed by atoms with Crippen molar-refractivity contribution in [2.24, 2.45) is 0 Å². The molecule has 0 unspecified atom stereocenters. The second-order valence-corrected chi connectivity index (χ2v) is 4.77. The van der Waals surface area contributed by atoms with E-state index < -0.39 is 4.92 Å². The van der Waals surface area contributed by atoms with Crippen molar-refractivity contribution in [1.29, 1.82) is 0 Å². The number of nitrogens with zero attached hydrogens (tertiary/aromatic N) is 4. The molecule has 21 heavy (non-hydrogen) atoms. The fourth-order valence-electron chi connectivity index (χ4n) is 2.49. The molecule has 0 aliphatic carbocycles. The molecule has 1 aromatic carbocycles. The lowest BCUT2D eigenvalue weighted by molar-refractivity contribution is -0.385. The minimum Gasteiger partial charge on any atom is -0.329 e. The molecule has 0 fully saturated rings. The van der Waals surface area contributed by atoms with Gasteiger partial charge in [0.1, 0.15) is 11.5 Å². The van der Waals surface area contributed by atoms with Crippen LogP contribution in [-0.4, -0.2) is 24.0 Å².